The van der Waals surface area contributed by atoms with E-state index < -0.39 is 0 Å². The van der Waals surface area contributed by atoms with E-state index in [2.05, 4.69) is 10.2 Å². The van der Waals surface area contributed by atoms with Crippen molar-refractivity contribution in [2.24, 2.45) is 0 Å². The smallest absolute Gasteiger partial charge is 0.233 e. The maximum Gasteiger partial charge on any atom is 0.233 e. The average molecular weight is 372 g/mol. The molecule has 136 valence electrons. The van der Waals surface area contributed by atoms with Gasteiger partial charge in [-0.1, -0.05) is 11.8 Å². The number of rotatable bonds is 9. The fourth-order valence-electron chi connectivity index (χ4n) is 2.45. The lowest BCUT2D eigenvalue weighted by atomic mass is 10.2. The van der Waals surface area contributed by atoms with Crippen LogP contribution < -0.4 is 0 Å². The van der Waals surface area contributed by atoms with Gasteiger partial charge in [0.05, 0.1) is 42.6 Å². The highest BCUT2D eigenvalue weighted by molar-refractivity contribution is 7.99. The molecule has 26 heavy (non-hydrogen) atoms. The van der Waals surface area contributed by atoms with Crippen LogP contribution in [0.3, 0.4) is 0 Å². The van der Waals surface area contributed by atoms with Crippen molar-refractivity contribution in [3.63, 3.8) is 0 Å². The lowest BCUT2D eigenvalue weighted by Gasteiger charge is -2.20. The summed E-state index contributed by atoms with van der Waals surface area (Å²) in [6.45, 7) is 5.17. The molecular formula is C17H20N6O2S. The van der Waals surface area contributed by atoms with Crippen molar-refractivity contribution in [2.45, 2.75) is 38.4 Å². The molecule has 0 aliphatic heterocycles. The lowest BCUT2D eigenvalue weighted by Crippen LogP contribution is -2.34. The molecule has 2 aromatic heterocycles. The van der Waals surface area contributed by atoms with Gasteiger partial charge in [-0.2, -0.15) is 10.5 Å². The molecule has 0 N–H and O–H groups in total. The van der Waals surface area contributed by atoms with Gasteiger partial charge in [0.1, 0.15) is 5.76 Å². The lowest BCUT2D eigenvalue weighted by molar-refractivity contribution is -0.128. The van der Waals surface area contributed by atoms with Crippen LogP contribution in [0, 0.1) is 29.6 Å². The van der Waals surface area contributed by atoms with E-state index in [-0.39, 0.29) is 24.5 Å². The van der Waals surface area contributed by atoms with Crippen LogP contribution in [0.15, 0.2) is 21.9 Å². The Kier molecular flexibility index (Phi) is 7.24. The minimum atomic E-state index is -0.118. The van der Waals surface area contributed by atoms with Crippen molar-refractivity contribution >= 4 is 17.7 Å². The number of aryl methyl sites for hydroxylation is 1. The molecule has 9 heteroatoms. The van der Waals surface area contributed by atoms with Crippen molar-refractivity contribution in [1.82, 2.24) is 19.7 Å². The molecule has 2 aromatic rings. The molecule has 0 aliphatic carbocycles. The Hall–Kier alpha value is -2.78. The third-order valence-electron chi connectivity index (χ3n) is 3.80. The molecule has 0 saturated heterocycles. The summed E-state index contributed by atoms with van der Waals surface area (Å²) in [4.78, 5) is 14.0. The topological polar surface area (TPSA) is 112 Å². The number of carbonyl (C=O) groups excluding carboxylic acids is 1. The minimum absolute atomic E-state index is 0.118. The van der Waals surface area contributed by atoms with E-state index >= 15 is 0 Å². The van der Waals surface area contributed by atoms with Gasteiger partial charge in [-0.15, -0.1) is 10.2 Å². The van der Waals surface area contributed by atoms with E-state index in [1.54, 1.807) is 11.2 Å². The molecule has 2 heterocycles. The molecule has 2 rings (SSSR count). The fourth-order valence-corrected chi connectivity index (χ4v) is 3.35. The second-order valence-electron chi connectivity index (χ2n) is 5.43. The highest BCUT2D eigenvalue weighted by Crippen LogP contribution is 2.27. The first-order valence-corrected chi connectivity index (χ1v) is 9.23. The van der Waals surface area contributed by atoms with Crippen molar-refractivity contribution < 1.29 is 9.21 Å². The number of carbonyl (C=O) groups is 1. The first-order chi connectivity index (χ1) is 12.6. The van der Waals surface area contributed by atoms with Crippen LogP contribution in [-0.2, 0) is 11.3 Å². The molecule has 8 nitrogen and oxygen atoms in total. The van der Waals surface area contributed by atoms with Gasteiger partial charge in [-0.25, -0.2) is 0 Å². The molecule has 1 amide bonds. The third-order valence-corrected chi connectivity index (χ3v) is 4.75. The van der Waals surface area contributed by atoms with E-state index in [9.17, 15) is 4.79 Å². The summed E-state index contributed by atoms with van der Waals surface area (Å²) < 4.78 is 7.27. The van der Waals surface area contributed by atoms with Crippen LogP contribution >= 0.6 is 11.8 Å². The molecule has 0 fully saturated rings. The molecule has 0 radical (unpaired) electrons. The summed E-state index contributed by atoms with van der Waals surface area (Å²) in [5, 5.41) is 26.5. The molecule has 0 atom stereocenters. The van der Waals surface area contributed by atoms with Crippen LogP contribution in [0.1, 0.15) is 25.5 Å². The van der Waals surface area contributed by atoms with Crippen molar-refractivity contribution in [1.29, 1.82) is 10.5 Å². The Morgan fingerprint density at radius 3 is 2.54 bits per heavy atom. The number of hydrogen-bond donors (Lipinski definition) is 0. The van der Waals surface area contributed by atoms with Gasteiger partial charge in [0.25, 0.3) is 0 Å². The van der Waals surface area contributed by atoms with Gasteiger partial charge >= 0.3 is 0 Å². The maximum absolute atomic E-state index is 12.4. The Morgan fingerprint density at radius 2 is 2.00 bits per heavy atom. The highest BCUT2D eigenvalue weighted by Gasteiger charge is 2.19. The molecule has 0 aromatic carbocycles. The quantitative estimate of drug-likeness (QED) is 0.622. The van der Waals surface area contributed by atoms with Crippen LogP contribution in [0.25, 0.3) is 11.4 Å². The monoisotopic (exact) mass is 372 g/mol. The predicted molar refractivity (Wildman–Crippen MR) is 95.9 cm³/mol. The summed E-state index contributed by atoms with van der Waals surface area (Å²) in [5.74, 6) is 1.53. The zero-order valence-corrected chi connectivity index (χ0v) is 15.6. The predicted octanol–water partition coefficient (Wildman–Crippen LogP) is 2.61. The van der Waals surface area contributed by atoms with Gasteiger partial charge < -0.3 is 13.9 Å². The first kappa shape index (κ1) is 19.5. The Labute approximate surface area is 156 Å². The second-order valence-corrected chi connectivity index (χ2v) is 6.37. The number of aromatic nitrogens is 3. The Bertz CT molecular complexity index is 811. The number of furan rings is 1. The third kappa shape index (κ3) is 4.64. The number of nitrogens with zero attached hydrogens (tertiary/aromatic N) is 6. The zero-order valence-electron chi connectivity index (χ0n) is 14.8. The SMILES string of the molecule is CCn1c(SCC(=O)N(CCC#N)CCC#N)nnc1-c1ccoc1C. The summed E-state index contributed by atoms with van der Waals surface area (Å²) in [5.41, 5.74) is 0.877. The van der Waals surface area contributed by atoms with Crippen molar-refractivity contribution in [3.05, 3.63) is 18.1 Å². The zero-order chi connectivity index (χ0) is 18.9. The average Bonchev–Trinajstić information content (AvgIpc) is 3.24. The molecule has 0 saturated carbocycles. The standard InChI is InChI=1S/C17H20N6O2S/c1-3-23-16(14-6-11-25-13(14)2)20-21-17(23)26-12-15(24)22(9-4-7-18)10-5-8-19/h6,11H,3-5,9-10,12H2,1-2H3. The van der Waals surface area contributed by atoms with Crippen molar-refractivity contribution in [2.75, 3.05) is 18.8 Å². The van der Waals surface area contributed by atoms with Gasteiger partial charge in [0, 0.05) is 19.6 Å². The highest BCUT2D eigenvalue weighted by atomic mass is 32.2. The van der Waals surface area contributed by atoms with Gasteiger partial charge in [0.15, 0.2) is 11.0 Å². The molecule has 0 spiro atoms. The molecular weight excluding hydrogens is 352 g/mol. The number of amides is 1. The summed E-state index contributed by atoms with van der Waals surface area (Å²) in [7, 11) is 0. The van der Waals surface area contributed by atoms with E-state index in [1.807, 2.05) is 36.6 Å². The van der Waals surface area contributed by atoms with E-state index in [0.717, 1.165) is 11.3 Å². The Balaban J connectivity index is 2.07. The summed E-state index contributed by atoms with van der Waals surface area (Å²) in [6.07, 6.45) is 2.10. The summed E-state index contributed by atoms with van der Waals surface area (Å²) >= 11 is 1.30. The second kappa shape index (κ2) is 9.64. The van der Waals surface area contributed by atoms with Crippen LogP contribution in [0.2, 0.25) is 0 Å². The number of thioether (sulfide) groups is 1. The minimum Gasteiger partial charge on any atom is -0.469 e. The normalized spacial score (nSPS) is 10.3. The molecule has 0 bridgehead atoms. The summed E-state index contributed by atoms with van der Waals surface area (Å²) in [6, 6.07) is 5.90. The Morgan fingerprint density at radius 1 is 1.31 bits per heavy atom. The number of nitriles is 2. The maximum atomic E-state index is 12.4. The molecule has 0 unspecified atom stereocenters. The van der Waals surface area contributed by atoms with E-state index in [0.29, 0.717) is 30.6 Å². The first-order valence-electron chi connectivity index (χ1n) is 8.24. The van der Waals surface area contributed by atoms with Crippen molar-refractivity contribution in [3.8, 4) is 23.5 Å². The number of hydrogen-bond acceptors (Lipinski definition) is 7. The van der Waals surface area contributed by atoms with Crippen LogP contribution in [0.5, 0.6) is 0 Å². The fraction of sp³-hybridized carbons (Fsp3) is 0.471. The van der Waals surface area contributed by atoms with Crippen LogP contribution in [-0.4, -0.2) is 44.4 Å². The van der Waals surface area contributed by atoms with E-state index in [1.165, 1.54) is 11.8 Å². The van der Waals surface area contributed by atoms with Gasteiger partial charge in [-0.3, -0.25) is 4.79 Å². The van der Waals surface area contributed by atoms with E-state index in [4.69, 9.17) is 14.9 Å². The molecule has 0 aliphatic rings. The largest absolute Gasteiger partial charge is 0.469 e. The van der Waals surface area contributed by atoms with Gasteiger partial charge in [-0.05, 0) is 19.9 Å². The van der Waals surface area contributed by atoms with Gasteiger partial charge in [0.2, 0.25) is 5.91 Å². The van der Waals surface area contributed by atoms with Crippen LogP contribution in [0.4, 0.5) is 0 Å².